The molecule has 0 saturated heterocycles. The fraction of sp³-hybridized carbons (Fsp3) is 0.135. The van der Waals surface area contributed by atoms with E-state index in [1.807, 2.05) is 0 Å². The maximum Gasteiger partial charge on any atom is 0.0505 e. The number of hydrogen-bond acceptors (Lipinski definition) is 2. The Kier molecular flexibility index (Phi) is 10.3. The highest BCUT2D eigenvalue weighted by Crippen LogP contribution is 2.69. The van der Waals surface area contributed by atoms with Crippen LogP contribution in [-0.4, -0.2) is 0 Å². The summed E-state index contributed by atoms with van der Waals surface area (Å²) in [6.45, 7) is 4.80. The van der Waals surface area contributed by atoms with Crippen molar-refractivity contribution in [2.75, 3.05) is 9.80 Å². The first kappa shape index (κ1) is 44.7. The molecule has 1 saturated carbocycles. The van der Waals surface area contributed by atoms with E-state index >= 15 is 0 Å². The van der Waals surface area contributed by atoms with E-state index in [2.05, 4.69) is 278 Å². The largest absolute Gasteiger partial charge is 0.310 e. The maximum absolute atomic E-state index is 2.61. The predicted molar refractivity (Wildman–Crippen MR) is 318 cm³/mol. The van der Waals surface area contributed by atoms with Crippen molar-refractivity contribution in [3.05, 3.63) is 288 Å². The third-order valence-corrected chi connectivity index (χ3v) is 18.1. The van der Waals surface area contributed by atoms with Crippen molar-refractivity contribution in [3.8, 4) is 44.5 Å². The van der Waals surface area contributed by atoms with Gasteiger partial charge >= 0.3 is 0 Å². The smallest absolute Gasteiger partial charge is 0.0505 e. The Labute approximate surface area is 447 Å². The third kappa shape index (κ3) is 6.79. The number of anilines is 6. The summed E-state index contributed by atoms with van der Waals surface area (Å²) in [4.78, 5) is 5.19. The zero-order chi connectivity index (χ0) is 50.5. The Bertz CT molecular complexity index is 4020. The molecule has 0 amide bonds. The summed E-state index contributed by atoms with van der Waals surface area (Å²) in [6.07, 6.45) is 4.63. The Balaban J connectivity index is 0.881. The number of fused-ring (bicyclic) bond motifs is 6. The van der Waals surface area contributed by atoms with Gasteiger partial charge in [0.1, 0.15) is 0 Å². The van der Waals surface area contributed by atoms with E-state index < -0.39 is 0 Å². The summed E-state index contributed by atoms with van der Waals surface area (Å²) in [5.41, 5.74) is 25.9. The van der Waals surface area contributed by atoms with Gasteiger partial charge in [-0.25, -0.2) is 0 Å². The van der Waals surface area contributed by atoms with Gasteiger partial charge in [0.2, 0.25) is 0 Å². The van der Waals surface area contributed by atoms with Crippen LogP contribution < -0.4 is 9.80 Å². The van der Waals surface area contributed by atoms with Crippen molar-refractivity contribution >= 4 is 44.9 Å². The van der Waals surface area contributed by atoms with Crippen LogP contribution in [0.5, 0.6) is 0 Å². The first-order valence-corrected chi connectivity index (χ1v) is 27.4. The van der Waals surface area contributed by atoms with Gasteiger partial charge in [-0.3, -0.25) is 0 Å². The number of benzene rings is 11. The van der Waals surface area contributed by atoms with Crippen molar-refractivity contribution in [1.29, 1.82) is 0 Å². The van der Waals surface area contributed by atoms with Gasteiger partial charge in [0.15, 0.2) is 0 Å². The van der Waals surface area contributed by atoms with Crippen LogP contribution in [0.25, 0.3) is 55.3 Å². The van der Waals surface area contributed by atoms with Gasteiger partial charge in [0.05, 0.1) is 11.4 Å². The lowest BCUT2D eigenvalue weighted by Gasteiger charge is -2.40. The van der Waals surface area contributed by atoms with E-state index in [4.69, 9.17) is 0 Å². The predicted octanol–water partition coefficient (Wildman–Crippen LogP) is 19.5. The van der Waals surface area contributed by atoms with Gasteiger partial charge in [-0.05, 0) is 199 Å². The number of para-hydroxylation sites is 2. The molecule has 4 aliphatic carbocycles. The minimum absolute atomic E-state index is 0.117. The topological polar surface area (TPSA) is 6.48 Å². The summed E-state index contributed by atoms with van der Waals surface area (Å²) >= 11 is 0. The Morgan fingerprint density at radius 2 is 0.763 bits per heavy atom. The number of hydrogen-bond donors (Lipinski definition) is 0. The summed E-state index contributed by atoms with van der Waals surface area (Å²) in [6, 6.07) is 95.8. The molecule has 11 aromatic rings. The average molecular weight is 975 g/mol. The summed E-state index contributed by atoms with van der Waals surface area (Å²) in [7, 11) is 0. The van der Waals surface area contributed by atoms with Gasteiger partial charge in [0, 0.05) is 33.6 Å². The molecular weight excluding hydrogens is 917 g/mol. The SMILES string of the molecule is CC1(C)c2ccccc2-c2ccc(N(c3ccccc3)c3cccc4c3C35c6c(cccc6N(c6ccccc6)c6ccc(-c7cc8ccccc8cc7-c7ccc(-c8ccccc8)cc7)cc6)CC3CCC5C4)cc21. The molecule has 15 rings (SSSR count). The van der Waals surface area contributed by atoms with E-state index in [1.165, 1.54) is 130 Å². The maximum atomic E-state index is 2.61. The van der Waals surface area contributed by atoms with E-state index in [-0.39, 0.29) is 10.8 Å². The highest BCUT2D eigenvalue weighted by atomic mass is 15.2. The molecule has 364 valence electrons. The monoisotopic (exact) mass is 974 g/mol. The zero-order valence-electron chi connectivity index (χ0n) is 43.1. The highest BCUT2D eigenvalue weighted by Gasteiger charge is 2.62. The van der Waals surface area contributed by atoms with Crippen LogP contribution in [0, 0.1) is 11.8 Å². The standard InChI is InChI=1S/C74H58N2/c1-73(2)67-29-15-14-28-63(67)64-43-42-62(48-68(64)73)76(60-26-10-5-11-27-60)70-31-17-23-56-45-58-39-38-57-44-55-22-16-30-69(71(55)74(57,58)72(56)70)75(59-24-8-4-9-25-59)61-40-36-52(37-41-61)66-47-54-21-13-12-20-53(54)46-65(66)51-34-32-50(33-35-51)49-18-6-3-7-19-49/h3-37,40-43,46-48,57-58H,38-39,44-45H2,1-2H3. The van der Waals surface area contributed by atoms with Crippen LogP contribution in [0.2, 0.25) is 0 Å². The van der Waals surface area contributed by atoms with Gasteiger partial charge in [-0.15, -0.1) is 0 Å². The molecule has 0 heterocycles. The third-order valence-electron chi connectivity index (χ3n) is 18.1. The quantitative estimate of drug-likeness (QED) is 0.142. The zero-order valence-corrected chi connectivity index (χ0v) is 43.1. The second-order valence-electron chi connectivity index (χ2n) is 22.3. The van der Waals surface area contributed by atoms with E-state index in [0.717, 1.165) is 18.5 Å². The molecule has 2 nitrogen and oxygen atoms in total. The van der Waals surface area contributed by atoms with Crippen molar-refractivity contribution in [2.45, 2.75) is 50.4 Å². The average Bonchev–Trinajstić information content (AvgIpc) is 4.34. The summed E-state index contributed by atoms with van der Waals surface area (Å²) in [5, 5.41) is 2.48. The molecular formula is C74H58N2. The Morgan fingerprint density at radius 1 is 0.329 bits per heavy atom. The molecule has 76 heavy (non-hydrogen) atoms. The van der Waals surface area contributed by atoms with Crippen molar-refractivity contribution in [2.24, 2.45) is 11.8 Å². The second-order valence-corrected chi connectivity index (χ2v) is 22.3. The molecule has 1 spiro atoms. The van der Waals surface area contributed by atoms with Gasteiger partial charge in [-0.1, -0.05) is 196 Å². The van der Waals surface area contributed by atoms with Crippen LogP contribution in [-0.2, 0) is 23.7 Å². The number of nitrogens with zero attached hydrogens (tertiary/aromatic N) is 2. The molecule has 0 radical (unpaired) electrons. The summed E-state index contributed by atoms with van der Waals surface area (Å²) in [5.74, 6) is 0.991. The van der Waals surface area contributed by atoms with E-state index in [0.29, 0.717) is 11.8 Å². The fourth-order valence-corrected chi connectivity index (χ4v) is 14.9. The molecule has 0 aromatic heterocycles. The summed E-state index contributed by atoms with van der Waals surface area (Å²) < 4.78 is 0. The van der Waals surface area contributed by atoms with Crippen LogP contribution >= 0.6 is 0 Å². The fourth-order valence-electron chi connectivity index (χ4n) is 14.9. The second kappa shape index (κ2) is 17.4. The molecule has 1 fully saturated rings. The molecule has 3 atom stereocenters. The van der Waals surface area contributed by atoms with Gasteiger partial charge < -0.3 is 9.80 Å². The highest BCUT2D eigenvalue weighted by molar-refractivity contribution is 5.97. The molecule has 3 unspecified atom stereocenters. The number of rotatable bonds is 9. The lowest BCUT2D eigenvalue weighted by molar-refractivity contribution is 0.350. The minimum atomic E-state index is -0.167. The molecule has 11 aromatic carbocycles. The molecule has 4 aliphatic rings. The normalized spacial score (nSPS) is 18.1. The molecule has 0 aliphatic heterocycles. The molecule has 0 bridgehead atoms. The molecule has 2 heteroatoms. The van der Waals surface area contributed by atoms with E-state index in [9.17, 15) is 0 Å². The Morgan fingerprint density at radius 3 is 1.34 bits per heavy atom. The van der Waals surface area contributed by atoms with Gasteiger partial charge in [-0.2, -0.15) is 0 Å². The van der Waals surface area contributed by atoms with E-state index in [1.54, 1.807) is 0 Å². The van der Waals surface area contributed by atoms with Crippen LogP contribution in [0.4, 0.5) is 34.1 Å². The van der Waals surface area contributed by atoms with Crippen molar-refractivity contribution in [3.63, 3.8) is 0 Å². The van der Waals surface area contributed by atoms with Crippen LogP contribution in [0.1, 0.15) is 60.1 Å². The van der Waals surface area contributed by atoms with Gasteiger partial charge in [0.25, 0.3) is 0 Å². The minimum Gasteiger partial charge on any atom is -0.310 e. The van der Waals surface area contributed by atoms with Crippen molar-refractivity contribution < 1.29 is 0 Å². The Hall–Kier alpha value is -8.72. The first-order chi connectivity index (χ1) is 37.4. The van der Waals surface area contributed by atoms with Crippen LogP contribution in [0.3, 0.4) is 0 Å². The first-order valence-electron chi connectivity index (χ1n) is 27.4. The molecule has 0 N–H and O–H groups in total. The lowest BCUT2D eigenvalue weighted by Crippen LogP contribution is -2.34. The van der Waals surface area contributed by atoms with Crippen molar-refractivity contribution in [1.82, 2.24) is 0 Å². The lowest BCUT2D eigenvalue weighted by atomic mass is 9.68. The van der Waals surface area contributed by atoms with Crippen LogP contribution in [0.15, 0.2) is 255 Å².